The first-order valence-electron chi connectivity index (χ1n) is 6.12. The molecule has 0 saturated carbocycles. The van der Waals surface area contributed by atoms with Crippen molar-refractivity contribution in [3.8, 4) is 5.88 Å². The number of aryl methyl sites for hydroxylation is 1. The van der Waals surface area contributed by atoms with E-state index >= 15 is 0 Å². The van der Waals surface area contributed by atoms with Crippen molar-refractivity contribution in [1.82, 2.24) is 15.3 Å². The molecule has 100 valence electrons. The van der Waals surface area contributed by atoms with Gasteiger partial charge < -0.3 is 19.7 Å². The molecule has 0 aliphatic carbocycles. The lowest BCUT2D eigenvalue weighted by atomic mass is 10.3. The number of likely N-dealkylation sites (N-methyl/N-ethyl adjacent to an activating group) is 1. The maximum Gasteiger partial charge on any atom is 0.218 e. The summed E-state index contributed by atoms with van der Waals surface area (Å²) in [6.07, 6.45) is 0.199. The summed E-state index contributed by atoms with van der Waals surface area (Å²) >= 11 is 0. The molecule has 0 radical (unpaired) electrons. The lowest BCUT2D eigenvalue weighted by Gasteiger charge is -2.28. The van der Waals surface area contributed by atoms with Gasteiger partial charge in [-0.15, -0.1) is 0 Å². The van der Waals surface area contributed by atoms with Crippen molar-refractivity contribution in [3.05, 3.63) is 11.9 Å². The lowest BCUT2D eigenvalue weighted by molar-refractivity contribution is 0.0339. The predicted octanol–water partition coefficient (Wildman–Crippen LogP) is 0.218. The summed E-state index contributed by atoms with van der Waals surface area (Å²) in [5.74, 6) is 2.15. The second-order valence-corrected chi connectivity index (χ2v) is 4.39. The number of methoxy groups -OCH3 is 1. The number of anilines is 1. The number of ether oxygens (including phenoxy) is 2. The quantitative estimate of drug-likeness (QED) is 0.827. The molecule has 1 aliphatic heterocycles. The van der Waals surface area contributed by atoms with Gasteiger partial charge in [0.1, 0.15) is 11.6 Å². The normalized spacial score (nSPS) is 19.6. The number of morpholine rings is 1. The van der Waals surface area contributed by atoms with Gasteiger partial charge in [-0.05, 0) is 6.92 Å². The zero-order valence-corrected chi connectivity index (χ0v) is 11.1. The lowest BCUT2D eigenvalue weighted by Crippen LogP contribution is -2.44. The minimum Gasteiger partial charge on any atom is -0.481 e. The first-order chi connectivity index (χ1) is 8.69. The molecule has 1 aliphatic rings. The summed E-state index contributed by atoms with van der Waals surface area (Å²) in [6.45, 7) is 5.24. The average molecular weight is 252 g/mol. The SMILES string of the molecule is COc1cc(N(C)CC2CNCCO2)nc(C)n1. The van der Waals surface area contributed by atoms with Crippen LogP contribution in [0.4, 0.5) is 5.82 Å². The molecular weight excluding hydrogens is 232 g/mol. The molecule has 1 atom stereocenters. The maximum absolute atomic E-state index is 5.68. The molecule has 0 bridgehead atoms. The minimum atomic E-state index is 0.199. The van der Waals surface area contributed by atoms with Crippen molar-refractivity contribution in [2.24, 2.45) is 0 Å². The molecule has 2 rings (SSSR count). The van der Waals surface area contributed by atoms with Crippen LogP contribution in [0.2, 0.25) is 0 Å². The molecule has 6 heteroatoms. The molecule has 2 heterocycles. The molecule has 1 aromatic heterocycles. The van der Waals surface area contributed by atoms with Crippen molar-refractivity contribution >= 4 is 5.82 Å². The van der Waals surface area contributed by atoms with Crippen LogP contribution in [0.25, 0.3) is 0 Å². The number of nitrogens with zero attached hydrogens (tertiary/aromatic N) is 3. The van der Waals surface area contributed by atoms with E-state index in [0.717, 1.165) is 32.1 Å². The average Bonchev–Trinajstić information content (AvgIpc) is 2.39. The van der Waals surface area contributed by atoms with Crippen LogP contribution >= 0.6 is 0 Å². The highest BCUT2D eigenvalue weighted by atomic mass is 16.5. The van der Waals surface area contributed by atoms with Crippen LogP contribution in [0.15, 0.2) is 6.07 Å². The first kappa shape index (κ1) is 13.0. The molecule has 0 amide bonds. The standard InChI is InChI=1S/C12H20N4O2/c1-9-14-11(6-12(15-9)17-3)16(2)8-10-7-13-4-5-18-10/h6,10,13H,4-5,7-8H2,1-3H3. The fraction of sp³-hybridized carbons (Fsp3) is 0.667. The van der Waals surface area contributed by atoms with E-state index in [-0.39, 0.29) is 6.10 Å². The summed E-state index contributed by atoms with van der Waals surface area (Å²) in [5.41, 5.74) is 0. The monoisotopic (exact) mass is 252 g/mol. The summed E-state index contributed by atoms with van der Waals surface area (Å²) in [5, 5.41) is 3.32. The Hall–Kier alpha value is -1.40. The summed E-state index contributed by atoms with van der Waals surface area (Å²) in [6, 6.07) is 1.84. The second-order valence-electron chi connectivity index (χ2n) is 4.39. The van der Waals surface area contributed by atoms with E-state index in [1.165, 1.54) is 0 Å². The van der Waals surface area contributed by atoms with Gasteiger partial charge in [0.2, 0.25) is 5.88 Å². The fourth-order valence-electron chi connectivity index (χ4n) is 1.96. The Kier molecular flexibility index (Phi) is 4.33. The largest absolute Gasteiger partial charge is 0.481 e. The van der Waals surface area contributed by atoms with E-state index < -0.39 is 0 Å². The van der Waals surface area contributed by atoms with Gasteiger partial charge in [0.25, 0.3) is 0 Å². The Morgan fingerprint density at radius 1 is 1.56 bits per heavy atom. The van der Waals surface area contributed by atoms with E-state index in [0.29, 0.717) is 11.7 Å². The van der Waals surface area contributed by atoms with Gasteiger partial charge in [-0.25, -0.2) is 4.98 Å². The Labute approximate surface area is 107 Å². The molecule has 6 nitrogen and oxygen atoms in total. The molecule has 1 N–H and O–H groups in total. The van der Waals surface area contributed by atoms with E-state index in [9.17, 15) is 0 Å². The third-order valence-electron chi connectivity index (χ3n) is 2.88. The van der Waals surface area contributed by atoms with Gasteiger partial charge in [0.15, 0.2) is 0 Å². The van der Waals surface area contributed by atoms with Gasteiger partial charge in [0, 0.05) is 32.7 Å². The van der Waals surface area contributed by atoms with Gasteiger partial charge in [0.05, 0.1) is 19.8 Å². The molecule has 1 unspecified atom stereocenters. The van der Waals surface area contributed by atoms with Crippen molar-refractivity contribution in [2.45, 2.75) is 13.0 Å². The van der Waals surface area contributed by atoms with Gasteiger partial charge in [-0.2, -0.15) is 4.98 Å². The van der Waals surface area contributed by atoms with Gasteiger partial charge in [-0.3, -0.25) is 0 Å². The number of hydrogen-bond acceptors (Lipinski definition) is 6. The van der Waals surface area contributed by atoms with Crippen molar-refractivity contribution in [3.63, 3.8) is 0 Å². The second kappa shape index (κ2) is 5.97. The third-order valence-corrected chi connectivity index (χ3v) is 2.88. The van der Waals surface area contributed by atoms with Crippen LogP contribution in [-0.4, -0.2) is 56.5 Å². The summed E-state index contributed by atoms with van der Waals surface area (Å²) in [7, 11) is 3.61. The van der Waals surface area contributed by atoms with Crippen LogP contribution in [0.3, 0.4) is 0 Å². The topological polar surface area (TPSA) is 59.5 Å². The zero-order valence-electron chi connectivity index (χ0n) is 11.1. The molecule has 0 aromatic carbocycles. The highest BCUT2D eigenvalue weighted by molar-refractivity contribution is 5.41. The van der Waals surface area contributed by atoms with Crippen molar-refractivity contribution in [2.75, 3.05) is 45.3 Å². The van der Waals surface area contributed by atoms with Gasteiger partial charge in [-0.1, -0.05) is 0 Å². The van der Waals surface area contributed by atoms with E-state index in [1.54, 1.807) is 7.11 Å². The smallest absolute Gasteiger partial charge is 0.218 e. The fourth-order valence-corrected chi connectivity index (χ4v) is 1.96. The maximum atomic E-state index is 5.68. The van der Waals surface area contributed by atoms with Crippen molar-refractivity contribution < 1.29 is 9.47 Å². The Bertz CT molecular complexity index is 394. The third kappa shape index (κ3) is 3.30. The van der Waals surface area contributed by atoms with Crippen LogP contribution in [-0.2, 0) is 4.74 Å². The number of aromatic nitrogens is 2. The Morgan fingerprint density at radius 3 is 3.06 bits per heavy atom. The molecule has 1 fully saturated rings. The minimum absolute atomic E-state index is 0.199. The highest BCUT2D eigenvalue weighted by Crippen LogP contribution is 2.16. The van der Waals surface area contributed by atoms with Crippen LogP contribution in [0.1, 0.15) is 5.82 Å². The molecule has 1 saturated heterocycles. The van der Waals surface area contributed by atoms with E-state index in [2.05, 4.69) is 20.2 Å². The predicted molar refractivity (Wildman–Crippen MR) is 69.2 cm³/mol. The number of nitrogens with one attached hydrogen (secondary N) is 1. The summed E-state index contributed by atoms with van der Waals surface area (Å²) < 4.78 is 10.8. The molecule has 1 aromatic rings. The summed E-state index contributed by atoms with van der Waals surface area (Å²) in [4.78, 5) is 10.6. The molecule has 0 spiro atoms. The van der Waals surface area contributed by atoms with Crippen LogP contribution < -0.4 is 15.0 Å². The van der Waals surface area contributed by atoms with E-state index in [4.69, 9.17) is 9.47 Å². The molecular formula is C12H20N4O2. The highest BCUT2D eigenvalue weighted by Gasteiger charge is 2.17. The first-order valence-corrected chi connectivity index (χ1v) is 6.12. The van der Waals surface area contributed by atoms with Gasteiger partial charge >= 0.3 is 0 Å². The Morgan fingerprint density at radius 2 is 2.39 bits per heavy atom. The Balaban J connectivity index is 2.02. The van der Waals surface area contributed by atoms with Crippen LogP contribution in [0, 0.1) is 6.92 Å². The number of rotatable bonds is 4. The van der Waals surface area contributed by atoms with Crippen LogP contribution in [0.5, 0.6) is 5.88 Å². The van der Waals surface area contributed by atoms with Crippen molar-refractivity contribution in [1.29, 1.82) is 0 Å². The zero-order chi connectivity index (χ0) is 13.0. The van der Waals surface area contributed by atoms with E-state index in [1.807, 2.05) is 20.0 Å². The number of hydrogen-bond donors (Lipinski definition) is 1. The molecule has 18 heavy (non-hydrogen) atoms.